The summed E-state index contributed by atoms with van der Waals surface area (Å²) in [5, 5.41) is 0. The summed E-state index contributed by atoms with van der Waals surface area (Å²) in [6, 6.07) is 0. The molecule has 0 saturated heterocycles. The second kappa shape index (κ2) is 1.61. The third kappa shape index (κ3) is 1.69. The first-order valence-corrected chi connectivity index (χ1v) is 3.05. The first kappa shape index (κ1) is 7.74. The van der Waals surface area contributed by atoms with Gasteiger partial charge in [-0.3, -0.25) is 0 Å². The van der Waals surface area contributed by atoms with Crippen LogP contribution in [0.15, 0.2) is 0 Å². The Bertz CT molecular complexity index is 164. The van der Waals surface area contributed by atoms with Crippen LogP contribution >= 0.6 is 0 Å². The highest BCUT2D eigenvalue weighted by Crippen LogP contribution is 2.21. The standard InChI is InChI=1S/C2H2F3O2S/c1-8(6,7)2(3,4)5/h1H2. The molecule has 0 aromatic rings. The Balaban J connectivity index is 4.53. The van der Waals surface area contributed by atoms with Gasteiger partial charge < -0.3 is 0 Å². The summed E-state index contributed by atoms with van der Waals surface area (Å²) in [7, 11) is -5.09. The molecular formula is C2H2F3O2S. The lowest BCUT2D eigenvalue weighted by atomic mass is 11.6. The van der Waals surface area contributed by atoms with E-state index in [1.165, 1.54) is 0 Å². The lowest BCUT2D eigenvalue weighted by Crippen LogP contribution is -2.19. The van der Waals surface area contributed by atoms with Crippen molar-refractivity contribution in [2.45, 2.75) is 5.51 Å². The highest BCUT2D eigenvalue weighted by Gasteiger charge is 2.41. The van der Waals surface area contributed by atoms with E-state index in [0.717, 1.165) is 0 Å². The molecule has 0 N–H and O–H groups in total. The van der Waals surface area contributed by atoms with Crippen molar-refractivity contribution in [2.24, 2.45) is 0 Å². The molecule has 8 heavy (non-hydrogen) atoms. The minimum atomic E-state index is -5.20. The molecule has 0 aliphatic heterocycles. The van der Waals surface area contributed by atoms with Crippen molar-refractivity contribution in [2.75, 3.05) is 0 Å². The van der Waals surface area contributed by atoms with E-state index in [9.17, 15) is 21.6 Å². The van der Waals surface area contributed by atoms with Gasteiger partial charge in [0.05, 0.1) is 6.26 Å². The van der Waals surface area contributed by atoms with E-state index in [0.29, 0.717) is 0 Å². The molecule has 0 aliphatic rings. The van der Waals surface area contributed by atoms with E-state index in [1.807, 2.05) is 6.26 Å². The number of sulfone groups is 1. The highest BCUT2D eigenvalue weighted by molar-refractivity contribution is 7.93. The fourth-order valence-corrected chi connectivity index (χ4v) is 0. The van der Waals surface area contributed by atoms with Crippen LogP contribution in [0.25, 0.3) is 0 Å². The first-order valence-electron chi connectivity index (χ1n) is 1.39. The summed E-state index contributed by atoms with van der Waals surface area (Å²) in [6.07, 6.45) is 1.89. The molecule has 0 heterocycles. The van der Waals surface area contributed by atoms with Crippen molar-refractivity contribution in [3.05, 3.63) is 6.26 Å². The van der Waals surface area contributed by atoms with Crippen molar-refractivity contribution in [3.63, 3.8) is 0 Å². The Morgan fingerprint density at radius 3 is 1.38 bits per heavy atom. The van der Waals surface area contributed by atoms with Gasteiger partial charge in [0.25, 0.3) is 0 Å². The average Bonchev–Trinajstić information content (AvgIpc) is 1.25. The van der Waals surface area contributed by atoms with Crippen LogP contribution in [0.2, 0.25) is 0 Å². The quantitative estimate of drug-likeness (QED) is 0.505. The Kier molecular flexibility index (Phi) is 1.56. The van der Waals surface area contributed by atoms with Gasteiger partial charge in [0.2, 0.25) is 9.84 Å². The van der Waals surface area contributed by atoms with Crippen molar-refractivity contribution >= 4 is 9.84 Å². The van der Waals surface area contributed by atoms with Gasteiger partial charge in [0.15, 0.2) is 0 Å². The van der Waals surface area contributed by atoms with Crippen LogP contribution in [0.3, 0.4) is 0 Å². The zero-order valence-corrected chi connectivity index (χ0v) is 4.38. The van der Waals surface area contributed by atoms with Crippen LogP contribution in [0.5, 0.6) is 0 Å². The van der Waals surface area contributed by atoms with E-state index in [-0.39, 0.29) is 0 Å². The molecule has 0 atom stereocenters. The molecule has 2 nitrogen and oxygen atoms in total. The molecular weight excluding hydrogens is 145 g/mol. The Hall–Kier alpha value is -0.260. The normalized spacial score (nSPS) is 14.0. The molecule has 0 aromatic heterocycles. The summed E-state index contributed by atoms with van der Waals surface area (Å²) in [5.74, 6) is 0. The van der Waals surface area contributed by atoms with Crippen molar-refractivity contribution in [1.82, 2.24) is 0 Å². The highest BCUT2D eigenvalue weighted by atomic mass is 32.2. The molecule has 6 heteroatoms. The summed E-state index contributed by atoms with van der Waals surface area (Å²) >= 11 is 0. The first-order chi connectivity index (χ1) is 3.25. The van der Waals surface area contributed by atoms with E-state index in [4.69, 9.17) is 0 Å². The monoisotopic (exact) mass is 147 g/mol. The summed E-state index contributed by atoms with van der Waals surface area (Å²) in [5.41, 5.74) is -5.20. The number of alkyl halides is 3. The number of hydrogen-bond donors (Lipinski definition) is 0. The smallest absolute Gasteiger partial charge is 0.220 e. The second-order valence-electron chi connectivity index (χ2n) is 1.06. The molecule has 0 saturated carbocycles. The van der Waals surface area contributed by atoms with Crippen LogP contribution in [-0.4, -0.2) is 13.9 Å². The Labute approximate surface area is 44.2 Å². The molecule has 1 radical (unpaired) electrons. The Morgan fingerprint density at radius 2 is 1.38 bits per heavy atom. The average molecular weight is 147 g/mol. The van der Waals surface area contributed by atoms with Crippen LogP contribution < -0.4 is 0 Å². The molecule has 0 amide bonds. The second-order valence-corrected chi connectivity index (χ2v) is 2.75. The lowest BCUT2D eigenvalue weighted by Gasteiger charge is -1.99. The SMILES string of the molecule is [CH2]S(=O)(=O)C(F)(F)F. The summed E-state index contributed by atoms with van der Waals surface area (Å²) < 4.78 is 51.6. The van der Waals surface area contributed by atoms with Gasteiger partial charge in [-0.15, -0.1) is 0 Å². The third-order valence-corrected chi connectivity index (χ3v) is 1.06. The molecule has 0 aromatic carbocycles. The number of halogens is 3. The molecule has 0 bridgehead atoms. The zero-order chi connectivity index (χ0) is 7.00. The molecule has 0 aliphatic carbocycles. The molecule has 0 unspecified atom stereocenters. The van der Waals surface area contributed by atoms with Crippen LogP contribution in [-0.2, 0) is 9.84 Å². The lowest BCUT2D eigenvalue weighted by molar-refractivity contribution is -0.0424. The summed E-state index contributed by atoms with van der Waals surface area (Å²) in [6.45, 7) is 0. The summed E-state index contributed by atoms with van der Waals surface area (Å²) in [4.78, 5) is 0. The van der Waals surface area contributed by atoms with Crippen molar-refractivity contribution < 1.29 is 21.6 Å². The van der Waals surface area contributed by atoms with Gasteiger partial charge in [0, 0.05) is 0 Å². The predicted octanol–water partition coefficient (Wildman–Crippen LogP) is 0.713. The molecule has 0 spiro atoms. The zero-order valence-electron chi connectivity index (χ0n) is 3.57. The third-order valence-electron chi connectivity index (χ3n) is 0.353. The minimum absolute atomic E-state index is 1.89. The topological polar surface area (TPSA) is 34.1 Å². The van der Waals surface area contributed by atoms with E-state index < -0.39 is 15.3 Å². The van der Waals surface area contributed by atoms with E-state index >= 15 is 0 Å². The molecule has 0 fully saturated rings. The van der Waals surface area contributed by atoms with Gasteiger partial charge in [-0.1, -0.05) is 0 Å². The van der Waals surface area contributed by atoms with E-state index in [1.54, 1.807) is 0 Å². The van der Waals surface area contributed by atoms with E-state index in [2.05, 4.69) is 0 Å². The fraction of sp³-hybridized carbons (Fsp3) is 0.500. The number of rotatable bonds is 0. The predicted molar refractivity (Wildman–Crippen MR) is 20.3 cm³/mol. The van der Waals surface area contributed by atoms with Crippen LogP contribution in [0.4, 0.5) is 13.2 Å². The van der Waals surface area contributed by atoms with Crippen LogP contribution in [0.1, 0.15) is 0 Å². The van der Waals surface area contributed by atoms with Gasteiger partial charge in [0.1, 0.15) is 0 Å². The maximum atomic E-state index is 10.9. The van der Waals surface area contributed by atoms with Crippen LogP contribution in [0, 0.1) is 6.26 Å². The van der Waals surface area contributed by atoms with Gasteiger partial charge in [-0.25, -0.2) is 8.42 Å². The minimum Gasteiger partial charge on any atom is -0.220 e. The Morgan fingerprint density at radius 1 is 1.25 bits per heavy atom. The van der Waals surface area contributed by atoms with Crippen molar-refractivity contribution in [1.29, 1.82) is 0 Å². The van der Waals surface area contributed by atoms with Crippen molar-refractivity contribution in [3.8, 4) is 0 Å². The van der Waals surface area contributed by atoms with Gasteiger partial charge in [-0.2, -0.15) is 13.2 Å². The number of hydrogen-bond acceptors (Lipinski definition) is 2. The maximum Gasteiger partial charge on any atom is 0.497 e. The van der Waals surface area contributed by atoms with Gasteiger partial charge in [-0.05, 0) is 0 Å². The van der Waals surface area contributed by atoms with Gasteiger partial charge >= 0.3 is 5.51 Å². The largest absolute Gasteiger partial charge is 0.497 e. The fourth-order valence-electron chi connectivity index (χ4n) is 0. The molecule has 49 valence electrons. The maximum absolute atomic E-state index is 10.9. The molecule has 0 rings (SSSR count).